The number of fused-ring (bicyclic) bond motifs is 5. The lowest BCUT2D eigenvalue weighted by atomic mass is 9.83. The van der Waals surface area contributed by atoms with E-state index in [9.17, 15) is 27.6 Å². The van der Waals surface area contributed by atoms with E-state index in [0.29, 0.717) is 17.7 Å². The van der Waals surface area contributed by atoms with E-state index in [0.717, 1.165) is 11.3 Å². The van der Waals surface area contributed by atoms with Gasteiger partial charge >= 0.3 is 0 Å². The van der Waals surface area contributed by atoms with Crippen LogP contribution in [0.25, 0.3) is 0 Å². The van der Waals surface area contributed by atoms with Crippen molar-refractivity contribution >= 4 is 11.8 Å². The van der Waals surface area contributed by atoms with E-state index < -0.39 is 88.2 Å². The average Bonchev–Trinajstić information content (AvgIpc) is 3.19. The number of rotatable bonds is 7. The number of aromatic nitrogens is 1. The summed E-state index contributed by atoms with van der Waals surface area (Å²) in [6.45, 7) is 0.899. The molecule has 0 saturated carbocycles. The molecule has 2 bridgehead atoms. The molecule has 3 aliphatic heterocycles. The summed E-state index contributed by atoms with van der Waals surface area (Å²) in [5.41, 5.74) is 2.26. The summed E-state index contributed by atoms with van der Waals surface area (Å²) < 4.78 is 72.3. The van der Waals surface area contributed by atoms with Crippen LogP contribution in [0.1, 0.15) is 57.8 Å². The van der Waals surface area contributed by atoms with Gasteiger partial charge in [0.1, 0.15) is 35.2 Å². The minimum atomic E-state index is -1.96. The van der Waals surface area contributed by atoms with Crippen LogP contribution in [0.5, 0.6) is 5.75 Å². The number of carbonyl (C=O) groups is 2. The van der Waals surface area contributed by atoms with Crippen LogP contribution in [0.4, 0.5) is 17.6 Å². The number of ether oxygens (including phenoxy) is 2. The quantitative estimate of drug-likeness (QED) is 0.397. The number of nitrogens with two attached hydrogens (primary N) is 1. The normalized spacial score (nSPS) is 26.2. The van der Waals surface area contributed by atoms with Crippen LogP contribution in [0, 0.1) is 17.5 Å². The highest BCUT2D eigenvalue weighted by Crippen LogP contribution is 2.50. The molecule has 6 rings (SSSR count). The number of carbonyl (C=O) groups excluding carboxylic acids is 2. The first-order valence-electron chi connectivity index (χ1n) is 14.3. The fraction of sp³-hybridized carbons (Fsp3) is 0.387. The van der Waals surface area contributed by atoms with Gasteiger partial charge in [-0.1, -0.05) is 30.3 Å². The number of hydrogen-bond donors (Lipinski definition) is 1. The molecule has 2 amide bonds. The maximum absolute atomic E-state index is 16.8. The van der Waals surface area contributed by atoms with E-state index in [-0.39, 0.29) is 31.7 Å². The average molecular weight is 631 g/mol. The Labute approximate surface area is 254 Å². The number of nitrogens with zero attached hydrogens (tertiary/aromatic N) is 3. The zero-order valence-electron chi connectivity index (χ0n) is 24.3. The number of benzene rings is 2. The number of alkyl halides is 1. The third-order valence-corrected chi connectivity index (χ3v) is 8.85. The van der Waals surface area contributed by atoms with Gasteiger partial charge < -0.3 is 24.7 Å². The van der Waals surface area contributed by atoms with Crippen molar-refractivity contribution in [3.05, 3.63) is 98.7 Å². The van der Waals surface area contributed by atoms with Crippen molar-refractivity contribution in [1.82, 2.24) is 14.5 Å². The molecular formula is C31H30F4N4O6. The minimum Gasteiger partial charge on any atom is -0.483 e. The Balaban J connectivity index is 1.49. The lowest BCUT2D eigenvalue weighted by Gasteiger charge is -2.43. The standard InChI is InChI=1S/C31H30F4N4O6/c1-16-8-9-31(27(35)30(43-2)39(45-31)13-19-21(33)10-18(32)11-22(19)34)23-14-37(16)29(42)24-26(44-15-17-6-4-3-5-7-17)25(40)20(28(36)41)12-38(23)24/h3-7,10-12,16,23,27,30H,8-9,13-15H2,1-2H3,(H2,36,41)/t16-,23+,27-,30?,31+/m0/s1. The first-order chi connectivity index (χ1) is 21.5. The van der Waals surface area contributed by atoms with Crippen molar-refractivity contribution in [2.75, 3.05) is 13.7 Å². The van der Waals surface area contributed by atoms with E-state index in [2.05, 4.69) is 0 Å². The molecule has 45 heavy (non-hydrogen) atoms. The molecule has 2 fully saturated rings. The van der Waals surface area contributed by atoms with Gasteiger partial charge in [0.25, 0.3) is 11.8 Å². The monoisotopic (exact) mass is 630 g/mol. The molecule has 0 aliphatic carbocycles. The summed E-state index contributed by atoms with van der Waals surface area (Å²) in [5, 5.41) is 0.949. The Kier molecular flexibility index (Phi) is 7.91. The second-order valence-electron chi connectivity index (χ2n) is 11.5. The molecule has 14 heteroatoms. The van der Waals surface area contributed by atoms with Crippen LogP contribution in [-0.4, -0.2) is 64.0 Å². The Morgan fingerprint density at radius 2 is 1.82 bits per heavy atom. The third kappa shape index (κ3) is 5.06. The number of halogens is 4. The molecule has 2 aromatic carbocycles. The molecule has 1 spiro atoms. The SMILES string of the molecule is COC1[C@H](F)[C@]2(CC[C@H](C)N3C[C@H]2n2cc(C(N)=O)c(=O)c(OCc4ccccc4)c2C3=O)ON1Cc1c(F)cc(F)cc1F. The lowest BCUT2D eigenvalue weighted by Crippen LogP contribution is -2.55. The highest BCUT2D eigenvalue weighted by Gasteiger charge is 2.63. The molecular weight excluding hydrogens is 600 g/mol. The molecule has 2 saturated heterocycles. The molecule has 238 valence electrons. The summed E-state index contributed by atoms with van der Waals surface area (Å²) in [7, 11) is 1.20. The second-order valence-corrected chi connectivity index (χ2v) is 11.5. The summed E-state index contributed by atoms with van der Waals surface area (Å²) in [5.74, 6) is -5.60. The van der Waals surface area contributed by atoms with Gasteiger partial charge in [0.2, 0.25) is 5.43 Å². The van der Waals surface area contributed by atoms with E-state index in [4.69, 9.17) is 20.0 Å². The molecule has 2 N–H and O–H groups in total. The van der Waals surface area contributed by atoms with Gasteiger partial charge in [0.05, 0.1) is 12.6 Å². The topological polar surface area (TPSA) is 116 Å². The molecule has 1 aromatic heterocycles. The molecule has 0 radical (unpaired) electrons. The number of hydrogen-bond acceptors (Lipinski definition) is 7. The Morgan fingerprint density at radius 1 is 1.13 bits per heavy atom. The molecule has 5 atom stereocenters. The van der Waals surface area contributed by atoms with Gasteiger partial charge in [0, 0.05) is 43.6 Å². The Bertz CT molecular complexity index is 1700. The van der Waals surface area contributed by atoms with Crippen molar-refractivity contribution in [3.8, 4) is 5.75 Å². The first kappa shape index (κ1) is 30.7. The van der Waals surface area contributed by atoms with Gasteiger partial charge in [-0.3, -0.25) is 19.2 Å². The van der Waals surface area contributed by atoms with Crippen molar-refractivity contribution in [2.24, 2.45) is 5.73 Å². The van der Waals surface area contributed by atoms with E-state index in [1.807, 2.05) is 0 Å². The predicted octanol–water partition coefficient (Wildman–Crippen LogP) is 3.62. The van der Waals surface area contributed by atoms with Crippen molar-refractivity contribution in [2.45, 2.75) is 63.0 Å². The molecule has 1 unspecified atom stereocenters. The predicted molar refractivity (Wildman–Crippen MR) is 150 cm³/mol. The van der Waals surface area contributed by atoms with E-state index in [1.54, 1.807) is 37.3 Å². The van der Waals surface area contributed by atoms with Crippen molar-refractivity contribution < 1.29 is 41.5 Å². The second kappa shape index (κ2) is 11.6. The maximum Gasteiger partial charge on any atom is 0.274 e. The van der Waals surface area contributed by atoms with Gasteiger partial charge in [-0.2, -0.15) is 5.06 Å². The molecule has 3 aromatic rings. The van der Waals surface area contributed by atoms with Crippen LogP contribution in [0.3, 0.4) is 0 Å². The molecule has 4 heterocycles. The summed E-state index contributed by atoms with van der Waals surface area (Å²) in [6.07, 6.45) is -2.08. The van der Waals surface area contributed by atoms with Gasteiger partial charge in [-0.25, -0.2) is 17.6 Å². The first-order valence-corrected chi connectivity index (χ1v) is 14.3. The summed E-state index contributed by atoms with van der Waals surface area (Å²) in [6, 6.07) is 8.30. The van der Waals surface area contributed by atoms with E-state index >= 15 is 4.39 Å². The smallest absolute Gasteiger partial charge is 0.274 e. The Morgan fingerprint density at radius 3 is 2.47 bits per heavy atom. The fourth-order valence-electron chi connectivity index (χ4n) is 6.50. The van der Waals surface area contributed by atoms with Crippen LogP contribution >= 0.6 is 0 Å². The zero-order valence-corrected chi connectivity index (χ0v) is 24.3. The lowest BCUT2D eigenvalue weighted by molar-refractivity contribution is -0.253. The Hall–Kier alpha value is -4.27. The number of primary amides is 1. The minimum absolute atomic E-state index is 0.00615. The highest BCUT2D eigenvalue weighted by atomic mass is 19.1. The van der Waals surface area contributed by atoms with Crippen LogP contribution in [0.15, 0.2) is 53.5 Å². The summed E-state index contributed by atoms with van der Waals surface area (Å²) in [4.78, 5) is 47.7. The zero-order chi connectivity index (χ0) is 32.2. The van der Waals surface area contributed by atoms with Crippen LogP contribution in [-0.2, 0) is 22.7 Å². The number of hydroxylamine groups is 2. The van der Waals surface area contributed by atoms with Crippen LogP contribution in [0.2, 0.25) is 0 Å². The number of methoxy groups -OCH3 is 1. The number of pyridine rings is 1. The van der Waals surface area contributed by atoms with Gasteiger partial charge in [0.15, 0.2) is 23.8 Å². The fourth-order valence-corrected chi connectivity index (χ4v) is 6.50. The van der Waals surface area contributed by atoms with Gasteiger partial charge in [-0.05, 0) is 25.3 Å². The number of amides is 2. The van der Waals surface area contributed by atoms with Crippen molar-refractivity contribution in [1.29, 1.82) is 0 Å². The van der Waals surface area contributed by atoms with Gasteiger partial charge in [-0.15, -0.1) is 0 Å². The third-order valence-electron chi connectivity index (χ3n) is 8.85. The maximum atomic E-state index is 16.8. The largest absolute Gasteiger partial charge is 0.483 e. The summed E-state index contributed by atoms with van der Waals surface area (Å²) >= 11 is 0. The molecule has 3 aliphatic rings. The van der Waals surface area contributed by atoms with Crippen molar-refractivity contribution in [3.63, 3.8) is 0 Å². The van der Waals surface area contributed by atoms with Crippen LogP contribution < -0.4 is 15.9 Å². The highest BCUT2D eigenvalue weighted by molar-refractivity contribution is 5.99. The van der Waals surface area contributed by atoms with E-state index in [1.165, 1.54) is 16.6 Å². The molecule has 10 nitrogen and oxygen atoms in total.